The molecular weight excluding hydrogens is 439 g/mol. The van der Waals surface area contributed by atoms with Gasteiger partial charge in [0.05, 0.1) is 16.6 Å². The second-order valence-corrected chi connectivity index (χ2v) is 6.96. The van der Waals surface area contributed by atoms with E-state index in [9.17, 15) is 19.8 Å². The van der Waals surface area contributed by atoms with E-state index in [0.29, 0.717) is 11.3 Å². The number of non-ortho nitro benzene ring substituents is 1. The average molecular weight is 453 g/mol. The van der Waals surface area contributed by atoms with E-state index in [1.54, 1.807) is 54.6 Å². The van der Waals surface area contributed by atoms with E-state index in [4.69, 9.17) is 4.74 Å². The largest absolute Gasteiger partial charge is 0.488 e. The zero-order valence-electron chi connectivity index (χ0n) is 15.0. The molecule has 0 fully saturated rings. The molecule has 0 N–H and O–H groups in total. The highest BCUT2D eigenvalue weighted by Crippen LogP contribution is 2.29. The van der Waals surface area contributed by atoms with Crippen molar-refractivity contribution >= 4 is 33.3 Å². The molecule has 5 nitrogen and oxygen atoms in total. The molecule has 0 radical (unpaired) electrons. The van der Waals surface area contributed by atoms with E-state index >= 15 is 0 Å². The van der Waals surface area contributed by atoms with E-state index in [0.717, 1.165) is 10.0 Å². The standard InChI is InChI=1S/C22H14BrFN2O3/c23-18-7-10-22(29-14-15-5-8-19(9-6-15)26(27)28)16(12-18)11-17(13-25)20-3-1-2-4-21(20)24/h1-12H,14H2/b17-11-. The van der Waals surface area contributed by atoms with Crippen LogP contribution < -0.4 is 4.74 Å². The van der Waals surface area contributed by atoms with Crippen LogP contribution in [0.4, 0.5) is 10.1 Å². The van der Waals surface area contributed by atoms with Crippen LogP contribution >= 0.6 is 15.9 Å². The van der Waals surface area contributed by atoms with Gasteiger partial charge in [0.2, 0.25) is 0 Å². The van der Waals surface area contributed by atoms with E-state index in [1.807, 2.05) is 6.07 Å². The van der Waals surface area contributed by atoms with E-state index in [-0.39, 0.29) is 23.4 Å². The highest BCUT2D eigenvalue weighted by atomic mass is 79.9. The first-order valence-corrected chi connectivity index (χ1v) is 9.29. The number of nitro groups is 1. The molecule has 0 unspecified atom stereocenters. The fourth-order valence-electron chi connectivity index (χ4n) is 2.64. The Morgan fingerprint density at radius 1 is 1.17 bits per heavy atom. The Bertz CT molecular complexity index is 1120. The number of ether oxygens (including phenoxy) is 1. The molecule has 29 heavy (non-hydrogen) atoms. The van der Waals surface area contributed by atoms with Crippen LogP contribution in [0.25, 0.3) is 11.6 Å². The van der Waals surface area contributed by atoms with Crippen LogP contribution in [-0.2, 0) is 6.61 Å². The Labute approximate surface area is 175 Å². The quantitative estimate of drug-likeness (QED) is 0.195. The van der Waals surface area contributed by atoms with Crippen LogP contribution in [0.5, 0.6) is 5.75 Å². The molecule has 7 heteroatoms. The van der Waals surface area contributed by atoms with Crippen LogP contribution in [0.15, 0.2) is 71.2 Å². The lowest BCUT2D eigenvalue weighted by Crippen LogP contribution is -1.98. The summed E-state index contributed by atoms with van der Waals surface area (Å²) >= 11 is 3.39. The molecule has 0 heterocycles. The van der Waals surface area contributed by atoms with Gasteiger partial charge in [-0.2, -0.15) is 5.26 Å². The lowest BCUT2D eigenvalue weighted by Gasteiger charge is -2.11. The Balaban J connectivity index is 1.89. The smallest absolute Gasteiger partial charge is 0.269 e. The topological polar surface area (TPSA) is 76.2 Å². The minimum absolute atomic E-state index is 0.00423. The summed E-state index contributed by atoms with van der Waals surface area (Å²) in [6, 6.07) is 19.4. The lowest BCUT2D eigenvalue weighted by molar-refractivity contribution is -0.384. The van der Waals surface area contributed by atoms with Gasteiger partial charge in [-0.15, -0.1) is 0 Å². The van der Waals surface area contributed by atoms with Gasteiger partial charge in [0.25, 0.3) is 5.69 Å². The first kappa shape index (κ1) is 20.2. The maximum atomic E-state index is 14.1. The van der Waals surface area contributed by atoms with Crippen molar-refractivity contribution < 1.29 is 14.1 Å². The SMILES string of the molecule is N#C/C(=C/c1cc(Br)ccc1OCc1ccc([N+](=O)[O-])cc1)c1ccccc1F. The lowest BCUT2D eigenvalue weighted by atomic mass is 10.0. The zero-order chi connectivity index (χ0) is 20.8. The number of allylic oxidation sites excluding steroid dienone is 1. The van der Waals surface area contributed by atoms with Crippen molar-refractivity contribution in [2.75, 3.05) is 0 Å². The summed E-state index contributed by atoms with van der Waals surface area (Å²) in [4.78, 5) is 10.3. The van der Waals surface area contributed by atoms with Gasteiger partial charge in [0.15, 0.2) is 0 Å². The van der Waals surface area contributed by atoms with E-state index < -0.39 is 10.7 Å². The van der Waals surface area contributed by atoms with Gasteiger partial charge in [-0.1, -0.05) is 34.1 Å². The minimum atomic E-state index is -0.483. The first-order valence-electron chi connectivity index (χ1n) is 8.50. The second-order valence-electron chi connectivity index (χ2n) is 6.04. The highest BCUT2D eigenvalue weighted by Gasteiger charge is 2.10. The number of hydrogen-bond acceptors (Lipinski definition) is 4. The van der Waals surface area contributed by atoms with Gasteiger partial charge in [-0.05, 0) is 48.0 Å². The van der Waals surface area contributed by atoms with Crippen LogP contribution in [0.3, 0.4) is 0 Å². The maximum absolute atomic E-state index is 14.1. The fraction of sp³-hybridized carbons (Fsp3) is 0.0455. The molecule has 0 aliphatic rings. The normalized spacial score (nSPS) is 11.0. The number of nitro benzene ring substituents is 1. The summed E-state index contributed by atoms with van der Waals surface area (Å²) in [7, 11) is 0. The number of nitrogens with zero attached hydrogens (tertiary/aromatic N) is 2. The number of halogens is 2. The van der Waals surface area contributed by atoms with Gasteiger partial charge >= 0.3 is 0 Å². The molecule has 0 aliphatic carbocycles. The summed E-state index contributed by atoms with van der Waals surface area (Å²) in [5.74, 6) is 0.0132. The minimum Gasteiger partial charge on any atom is -0.488 e. The third-order valence-corrected chi connectivity index (χ3v) is 4.59. The number of rotatable bonds is 6. The predicted molar refractivity (Wildman–Crippen MR) is 111 cm³/mol. The van der Waals surface area contributed by atoms with Crippen molar-refractivity contribution in [3.63, 3.8) is 0 Å². The molecule has 0 saturated carbocycles. The van der Waals surface area contributed by atoms with Crippen molar-refractivity contribution in [3.8, 4) is 11.8 Å². The molecule has 0 saturated heterocycles. The molecule has 3 rings (SSSR count). The summed E-state index contributed by atoms with van der Waals surface area (Å²) in [6.45, 7) is 0.183. The molecular formula is C22H14BrFN2O3. The molecule has 0 atom stereocenters. The summed E-state index contributed by atoms with van der Waals surface area (Å²) in [5, 5.41) is 20.3. The van der Waals surface area contributed by atoms with Crippen molar-refractivity contribution in [1.82, 2.24) is 0 Å². The Kier molecular flexibility index (Phi) is 6.37. The number of nitriles is 1. The fourth-order valence-corrected chi connectivity index (χ4v) is 3.02. The summed E-state index contributed by atoms with van der Waals surface area (Å²) in [5.41, 5.74) is 1.73. The molecule has 3 aromatic carbocycles. The molecule has 0 aliphatic heterocycles. The Morgan fingerprint density at radius 2 is 1.90 bits per heavy atom. The Hall–Kier alpha value is -3.50. The Morgan fingerprint density at radius 3 is 2.55 bits per heavy atom. The van der Waals surface area contributed by atoms with Crippen molar-refractivity contribution in [2.24, 2.45) is 0 Å². The average Bonchev–Trinajstić information content (AvgIpc) is 2.72. The van der Waals surface area contributed by atoms with Gasteiger partial charge in [-0.3, -0.25) is 10.1 Å². The monoisotopic (exact) mass is 452 g/mol. The van der Waals surface area contributed by atoms with Gasteiger partial charge in [0, 0.05) is 27.7 Å². The molecule has 0 amide bonds. The van der Waals surface area contributed by atoms with Crippen LogP contribution in [-0.4, -0.2) is 4.92 Å². The third kappa shape index (κ3) is 5.06. The summed E-state index contributed by atoms with van der Waals surface area (Å²) < 4.78 is 20.7. The highest BCUT2D eigenvalue weighted by molar-refractivity contribution is 9.10. The van der Waals surface area contributed by atoms with E-state index in [2.05, 4.69) is 15.9 Å². The molecule has 144 valence electrons. The van der Waals surface area contributed by atoms with Gasteiger partial charge < -0.3 is 4.74 Å². The zero-order valence-corrected chi connectivity index (χ0v) is 16.6. The number of hydrogen-bond donors (Lipinski definition) is 0. The maximum Gasteiger partial charge on any atom is 0.269 e. The van der Waals surface area contributed by atoms with Crippen molar-refractivity contribution in [2.45, 2.75) is 6.61 Å². The van der Waals surface area contributed by atoms with Gasteiger partial charge in [-0.25, -0.2) is 4.39 Å². The van der Waals surface area contributed by atoms with Gasteiger partial charge in [0.1, 0.15) is 18.2 Å². The van der Waals surface area contributed by atoms with Crippen molar-refractivity contribution in [3.05, 3.63) is 104 Å². The van der Waals surface area contributed by atoms with E-state index in [1.165, 1.54) is 18.2 Å². The molecule has 3 aromatic rings. The van der Waals surface area contributed by atoms with Crippen LogP contribution in [0.1, 0.15) is 16.7 Å². The first-order chi connectivity index (χ1) is 14.0. The van der Waals surface area contributed by atoms with Crippen molar-refractivity contribution in [1.29, 1.82) is 5.26 Å². The molecule has 0 bridgehead atoms. The second kappa shape index (κ2) is 9.13. The summed E-state index contributed by atoms with van der Waals surface area (Å²) in [6.07, 6.45) is 1.56. The number of benzene rings is 3. The van der Waals surface area contributed by atoms with Crippen LogP contribution in [0.2, 0.25) is 0 Å². The molecule has 0 aromatic heterocycles. The predicted octanol–water partition coefficient (Wildman–Crippen LogP) is 6.14. The third-order valence-electron chi connectivity index (χ3n) is 4.10. The van der Waals surface area contributed by atoms with Crippen LogP contribution in [0, 0.1) is 27.3 Å². The molecule has 0 spiro atoms.